The summed E-state index contributed by atoms with van der Waals surface area (Å²) in [4.78, 5) is 4.39. The second-order valence-corrected chi connectivity index (χ2v) is 5.22. The Morgan fingerprint density at radius 1 is 1.00 bits per heavy atom. The van der Waals surface area contributed by atoms with E-state index in [-0.39, 0.29) is 0 Å². The van der Waals surface area contributed by atoms with Crippen LogP contribution in [0.4, 0.5) is 0 Å². The number of imidazole rings is 1. The molecule has 1 aromatic carbocycles. The molecule has 0 bridgehead atoms. The lowest BCUT2D eigenvalue weighted by atomic mass is 10.2. The van der Waals surface area contributed by atoms with E-state index in [9.17, 15) is 0 Å². The highest BCUT2D eigenvalue weighted by atomic mass is 32.2. The van der Waals surface area contributed by atoms with Gasteiger partial charge in [0.25, 0.3) is 0 Å². The van der Waals surface area contributed by atoms with Crippen molar-refractivity contribution in [3.63, 3.8) is 0 Å². The summed E-state index contributed by atoms with van der Waals surface area (Å²) in [6.45, 7) is 0. The van der Waals surface area contributed by atoms with E-state index >= 15 is 0 Å². The molecule has 0 saturated carbocycles. The van der Waals surface area contributed by atoms with Crippen LogP contribution in [0.3, 0.4) is 0 Å². The SMILES string of the molecule is c1ccc(CCSc2cnc3ccccn23)cc1. The zero-order chi connectivity index (χ0) is 12.2. The number of pyridine rings is 1. The van der Waals surface area contributed by atoms with E-state index in [0.717, 1.165) is 17.8 Å². The maximum absolute atomic E-state index is 4.39. The zero-order valence-corrected chi connectivity index (χ0v) is 10.8. The molecule has 0 radical (unpaired) electrons. The Bertz CT molecular complexity index is 631. The molecule has 3 heteroatoms. The lowest BCUT2D eigenvalue weighted by molar-refractivity contribution is 1.04. The number of thioether (sulfide) groups is 1. The zero-order valence-electron chi connectivity index (χ0n) is 9.99. The topological polar surface area (TPSA) is 17.3 Å². The molecule has 2 heterocycles. The molecule has 2 nitrogen and oxygen atoms in total. The van der Waals surface area contributed by atoms with Crippen LogP contribution < -0.4 is 0 Å². The summed E-state index contributed by atoms with van der Waals surface area (Å²) in [5.74, 6) is 1.08. The Balaban J connectivity index is 1.67. The first-order chi connectivity index (χ1) is 8.93. The number of hydrogen-bond donors (Lipinski definition) is 0. The van der Waals surface area contributed by atoms with E-state index in [1.165, 1.54) is 10.6 Å². The van der Waals surface area contributed by atoms with E-state index in [4.69, 9.17) is 0 Å². The van der Waals surface area contributed by atoms with E-state index < -0.39 is 0 Å². The summed E-state index contributed by atoms with van der Waals surface area (Å²) < 4.78 is 2.13. The predicted octanol–water partition coefficient (Wildman–Crippen LogP) is 3.67. The van der Waals surface area contributed by atoms with Gasteiger partial charge in [-0.1, -0.05) is 36.4 Å². The van der Waals surface area contributed by atoms with Crippen LogP contribution in [-0.4, -0.2) is 15.1 Å². The van der Waals surface area contributed by atoms with Crippen molar-refractivity contribution in [3.05, 3.63) is 66.5 Å². The van der Waals surface area contributed by atoms with Gasteiger partial charge in [0.05, 0.1) is 11.2 Å². The number of fused-ring (bicyclic) bond motifs is 1. The molecule has 0 unspecified atom stereocenters. The average molecular weight is 254 g/mol. The van der Waals surface area contributed by atoms with Gasteiger partial charge in [-0.2, -0.15) is 0 Å². The Morgan fingerprint density at radius 3 is 2.72 bits per heavy atom. The number of hydrogen-bond acceptors (Lipinski definition) is 2. The number of aromatic nitrogens is 2. The number of rotatable bonds is 4. The van der Waals surface area contributed by atoms with Crippen molar-refractivity contribution in [1.29, 1.82) is 0 Å². The van der Waals surface area contributed by atoms with Gasteiger partial charge < -0.3 is 0 Å². The minimum atomic E-state index is 1.01. The number of benzene rings is 1. The number of nitrogens with zero attached hydrogens (tertiary/aromatic N) is 2. The standard InChI is InChI=1S/C15H14N2S/c1-2-6-13(7-3-1)9-11-18-15-12-16-14-8-4-5-10-17(14)15/h1-8,10,12H,9,11H2. The minimum absolute atomic E-state index is 1.01. The van der Waals surface area contributed by atoms with Crippen molar-refractivity contribution < 1.29 is 0 Å². The largest absolute Gasteiger partial charge is 0.295 e. The highest BCUT2D eigenvalue weighted by Crippen LogP contribution is 2.20. The van der Waals surface area contributed by atoms with Crippen LogP contribution >= 0.6 is 11.8 Å². The van der Waals surface area contributed by atoms with Crippen LogP contribution in [-0.2, 0) is 6.42 Å². The fraction of sp³-hybridized carbons (Fsp3) is 0.133. The van der Waals surface area contributed by atoms with Crippen LogP contribution in [0.25, 0.3) is 5.65 Å². The van der Waals surface area contributed by atoms with E-state index in [1.54, 1.807) is 0 Å². The average Bonchev–Trinajstić information content (AvgIpc) is 2.84. The van der Waals surface area contributed by atoms with Crippen molar-refractivity contribution in [2.75, 3.05) is 5.75 Å². The third-order valence-electron chi connectivity index (χ3n) is 2.87. The van der Waals surface area contributed by atoms with Gasteiger partial charge in [-0.3, -0.25) is 4.40 Å². The van der Waals surface area contributed by atoms with E-state index in [1.807, 2.05) is 36.2 Å². The molecular formula is C15H14N2S. The fourth-order valence-electron chi connectivity index (χ4n) is 1.93. The lowest BCUT2D eigenvalue weighted by Gasteiger charge is -2.02. The second kappa shape index (κ2) is 5.27. The van der Waals surface area contributed by atoms with Crippen molar-refractivity contribution in [2.24, 2.45) is 0 Å². The maximum Gasteiger partial charge on any atom is 0.137 e. The summed E-state index contributed by atoms with van der Waals surface area (Å²) in [6, 6.07) is 16.7. The molecule has 0 aliphatic rings. The monoisotopic (exact) mass is 254 g/mol. The molecule has 3 rings (SSSR count). The molecule has 0 spiro atoms. The van der Waals surface area contributed by atoms with Gasteiger partial charge in [-0.05, 0) is 24.1 Å². The quantitative estimate of drug-likeness (QED) is 0.661. The van der Waals surface area contributed by atoms with Gasteiger partial charge in [0.15, 0.2) is 0 Å². The summed E-state index contributed by atoms with van der Waals surface area (Å²) in [6.07, 6.45) is 5.10. The van der Waals surface area contributed by atoms with Crippen LogP contribution in [0.1, 0.15) is 5.56 Å². The summed E-state index contributed by atoms with van der Waals surface area (Å²) in [5.41, 5.74) is 2.40. The first kappa shape index (κ1) is 11.4. The second-order valence-electron chi connectivity index (χ2n) is 4.11. The highest BCUT2D eigenvalue weighted by molar-refractivity contribution is 7.99. The van der Waals surface area contributed by atoms with Gasteiger partial charge in [0.2, 0.25) is 0 Å². The van der Waals surface area contributed by atoms with Crippen molar-refractivity contribution in [1.82, 2.24) is 9.38 Å². The highest BCUT2D eigenvalue weighted by Gasteiger charge is 2.02. The normalized spacial score (nSPS) is 10.9. The molecule has 0 atom stereocenters. The smallest absolute Gasteiger partial charge is 0.137 e. The van der Waals surface area contributed by atoms with E-state index in [0.29, 0.717) is 0 Å². The minimum Gasteiger partial charge on any atom is -0.295 e. The molecule has 3 aromatic rings. The van der Waals surface area contributed by atoms with Gasteiger partial charge in [-0.15, -0.1) is 11.8 Å². The Kier molecular flexibility index (Phi) is 3.33. The van der Waals surface area contributed by atoms with Crippen molar-refractivity contribution in [2.45, 2.75) is 11.4 Å². The summed E-state index contributed by atoms with van der Waals surface area (Å²) >= 11 is 1.85. The van der Waals surface area contributed by atoms with Gasteiger partial charge in [-0.25, -0.2) is 4.98 Å². The molecule has 18 heavy (non-hydrogen) atoms. The molecule has 0 aliphatic carbocycles. The lowest BCUT2D eigenvalue weighted by Crippen LogP contribution is -1.90. The van der Waals surface area contributed by atoms with Crippen LogP contribution in [0.15, 0.2) is 66.0 Å². The predicted molar refractivity (Wildman–Crippen MR) is 76.1 cm³/mol. The maximum atomic E-state index is 4.39. The van der Waals surface area contributed by atoms with Gasteiger partial charge in [0.1, 0.15) is 5.65 Å². The van der Waals surface area contributed by atoms with Gasteiger partial charge >= 0.3 is 0 Å². The molecule has 2 aromatic heterocycles. The van der Waals surface area contributed by atoms with E-state index in [2.05, 4.69) is 45.9 Å². The molecule has 90 valence electrons. The molecule has 0 amide bonds. The van der Waals surface area contributed by atoms with Crippen LogP contribution in [0.5, 0.6) is 0 Å². The molecule has 0 saturated heterocycles. The number of aryl methyl sites for hydroxylation is 1. The Hall–Kier alpha value is -1.74. The Labute approximate surface area is 111 Å². The molecule has 0 fully saturated rings. The first-order valence-electron chi connectivity index (χ1n) is 6.02. The first-order valence-corrected chi connectivity index (χ1v) is 7.01. The third-order valence-corrected chi connectivity index (χ3v) is 3.87. The summed E-state index contributed by atoms with van der Waals surface area (Å²) in [5, 5.41) is 1.21. The third kappa shape index (κ3) is 2.41. The van der Waals surface area contributed by atoms with Crippen molar-refractivity contribution >= 4 is 17.4 Å². The fourth-order valence-corrected chi connectivity index (χ4v) is 2.90. The molecule has 0 aliphatic heterocycles. The molecular weight excluding hydrogens is 240 g/mol. The van der Waals surface area contributed by atoms with Crippen LogP contribution in [0.2, 0.25) is 0 Å². The summed E-state index contributed by atoms with van der Waals surface area (Å²) in [7, 11) is 0. The Morgan fingerprint density at radius 2 is 1.83 bits per heavy atom. The van der Waals surface area contributed by atoms with Gasteiger partial charge in [0, 0.05) is 11.9 Å². The van der Waals surface area contributed by atoms with Crippen molar-refractivity contribution in [3.8, 4) is 0 Å². The molecule has 0 N–H and O–H groups in total. The van der Waals surface area contributed by atoms with Crippen LogP contribution in [0, 0.1) is 0 Å².